The molecule has 4 nitrogen and oxygen atoms in total. The first kappa shape index (κ1) is 13.0. The summed E-state index contributed by atoms with van der Waals surface area (Å²) >= 11 is 1.64. The minimum Gasteiger partial charge on any atom is -0.383 e. The average molecular weight is 256 g/mol. The van der Waals surface area contributed by atoms with Crippen molar-refractivity contribution in [3.63, 3.8) is 0 Å². The van der Waals surface area contributed by atoms with Crippen LogP contribution in [0.25, 0.3) is 0 Å². The van der Waals surface area contributed by atoms with Gasteiger partial charge >= 0.3 is 0 Å². The van der Waals surface area contributed by atoms with E-state index in [0.717, 1.165) is 38.4 Å². The van der Waals surface area contributed by atoms with E-state index in [1.165, 1.54) is 6.42 Å². The Labute approximate surface area is 106 Å². The smallest absolute Gasteiger partial charge is 0.104 e. The van der Waals surface area contributed by atoms with Crippen molar-refractivity contribution in [2.24, 2.45) is 5.92 Å². The minimum absolute atomic E-state index is 0.171. The fraction of sp³-hybridized carbons (Fsp3) is 0.750. The lowest BCUT2D eigenvalue weighted by Crippen LogP contribution is -2.33. The van der Waals surface area contributed by atoms with Crippen molar-refractivity contribution in [3.8, 4) is 0 Å². The molecule has 1 aliphatic heterocycles. The molecule has 2 unspecified atom stereocenters. The number of aromatic nitrogens is 1. The van der Waals surface area contributed by atoms with Crippen molar-refractivity contribution in [1.29, 1.82) is 0 Å². The van der Waals surface area contributed by atoms with E-state index in [4.69, 9.17) is 9.47 Å². The average Bonchev–Trinajstić information content (AvgIpc) is 2.89. The van der Waals surface area contributed by atoms with Gasteiger partial charge in [-0.25, -0.2) is 4.98 Å². The Morgan fingerprint density at radius 3 is 3.35 bits per heavy atom. The zero-order valence-corrected chi connectivity index (χ0v) is 11.0. The van der Waals surface area contributed by atoms with Crippen LogP contribution in [-0.4, -0.2) is 38.4 Å². The summed E-state index contributed by atoms with van der Waals surface area (Å²) in [6.07, 6.45) is 2.53. The second kappa shape index (κ2) is 7.06. The highest BCUT2D eigenvalue weighted by Crippen LogP contribution is 2.32. The van der Waals surface area contributed by atoms with Crippen molar-refractivity contribution in [1.82, 2.24) is 10.3 Å². The molecule has 1 aromatic heterocycles. The van der Waals surface area contributed by atoms with Crippen LogP contribution in [0.4, 0.5) is 0 Å². The first-order chi connectivity index (χ1) is 8.42. The molecular weight excluding hydrogens is 236 g/mol. The molecule has 17 heavy (non-hydrogen) atoms. The van der Waals surface area contributed by atoms with Crippen LogP contribution >= 0.6 is 11.3 Å². The van der Waals surface area contributed by atoms with E-state index in [9.17, 15) is 0 Å². The molecule has 1 fully saturated rings. The Morgan fingerprint density at radius 2 is 2.59 bits per heavy atom. The van der Waals surface area contributed by atoms with Crippen LogP contribution in [0.15, 0.2) is 10.9 Å². The van der Waals surface area contributed by atoms with Gasteiger partial charge in [-0.1, -0.05) is 0 Å². The summed E-state index contributed by atoms with van der Waals surface area (Å²) in [5, 5.41) is 5.51. The first-order valence-corrected chi connectivity index (χ1v) is 7.05. The van der Waals surface area contributed by atoms with Crippen LogP contribution in [-0.2, 0) is 9.47 Å². The molecular formula is C12H20N2O2S. The number of methoxy groups -OCH3 is 1. The Morgan fingerprint density at radius 1 is 1.65 bits per heavy atom. The van der Waals surface area contributed by atoms with E-state index in [2.05, 4.69) is 15.7 Å². The minimum atomic E-state index is 0.171. The molecule has 0 radical (unpaired) electrons. The van der Waals surface area contributed by atoms with Gasteiger partial charge in [0.2, 0.25) is 0 Å². The molecule has 2 rings (SSSR count). The van der Waals surface area contributed by atoms with Crippen LogP contribution in [0, 0.1) is 5.92 Å². The van der Waals surface area contributed by atoms with E-state index >= 15 is 0 Å². The summed E-state index contributed by atoms with van der Waals surface area (Å²) in [7, 11) is 1.73. The standard InChI is InChI=1S/C12H20N2O2S/c1-15-6-4-13-7-10-3-2-5-16-12(10)11-8-17-9-14-11/h8-10,12-13H,2-7H2,1H3. The van der Waals surface area contributed by atoms with Crippen molar-refractivity contribution in [2.45, 2.75) is 18.9 Å². The zero-order chi connectivity index (χ0) is 11.9. The van der Waals surface area contributed by atoms with Crippen molar-refractivity contribution < 1.29 is 9.47 Å². The van der Waals surface area contributed by atoms with Gasteiger partial charge in [0.05, 0.1) is 17.8 Å². The molecule has 1 saturated heterocycles. The maximum atomic E-state index is 5.86. The third kappa shape index (κ3) is 3.74. The monoisotopic (exact) mass is 256 g/mol. The van der Waals surface area contributed by atoms with Gasteiger partial charge in [0.25, 0.3) is 0 Å². The van der Waals surface area contributed by atoms with Crippen molar-refractivity contribution >= 4 is 11.3 Å². The van der Waals surface area contributed by atoms with E-state index in [0.29, 0.717) is 5.92 Å². The van der Waals surface area contributed by atoms with Gasteiger partial charge in [0, 0.05) is 38.1 Å². The van der Waals surface area contributed by atoms with Gasteiger partial charge in [0.1, 0.15) is 6.10 Å². The third-order valence-electron chi connectivity index (χ3n) is 3.08. The Bertz CT molecular complexity index is 305. The van der Waals surface area contributed by atoms with Crippen molar-refractivity contribution in [3.05, 3.63) is 16.6 Å². The molecule has 0 spiro atoms. The van der Waals surface area contributed by atoms with Crippen LogP contribution in [0.2, 0.25) is 0 Å². The summed E-state index contributed by atoms with van der Waals surface area (Å²) in [5.41, 5.74) is 2.97. The Balaban J connectivity index is 1.84. The number of rotatable bonds is 6. The van der Waals surface area contributed by atoms with Gasteiger partial charge in [-0.3, -0.25) is 0 Å². The molecule has 2 atom stereocenters. The molecule has 2 heterocycles. The Kier molecular flexibility index (Phi) is 5.38. The molecule has 0 bridgehead atoms. The first-order valence-electron chi connectivity index (χ1n) is 6.11. The normalized spacial score (nSPS) is 25.0. The summed E-state index contributed by atoms with van der Waals surface area (Å²) in [4.78, 5) is 4.38. The third-order valence-corrected chi connectivity index (χ3v) is 3.68. The highest BCUT2D eigenvalue weighted by atomic mass is 32.1. The van der Waals surface area contributed by atoms with Gasteiger partial charge in [-0.05, 0) is 12.8 Å². The second-order valence-electron chi connectivity index (χ2n) is 4.30. The molecule has 5 heteroatoms. The summed E-state index contributed by atoms with van der Waals surface area (Å²) < 4.78 is 10.9. The topological polar surface area (TPSA) is 43.4 Å². The van der Waals surface area contributed by atoms with Crippen LogP contribution in [0.1, 0.15) is 24.6 Å². The maximum Gasteiger partial charge on any atom is 0.104 e. The number of hydrogen-bond acceptors (Lipinski definition) is 5. The van der Waals surface area contributed by atoms with E-state index < -0.39 is 0 Å². The zero-order valence-electron chi connectivity index (χ0n) is 10.2. The van der Waals surface area contributed by atoms with Gasteiger partial charge in [-0.15, -0.1) is 11.3 Å². The number of nitrogens with zero attached hydrogens (tertiary/aromatic N) is 1. The summed E-state index contributed by atoms with van der Waals surface area (Å²) in [6.45, 7) is 3.49. The fourth-order valence-electron chi connectivity index (χ4n) is 2.20. The number of nitrogens with one attached hydrogen (secondary N) is 1. The lowest BCUT2D eigenvalue weighted by atomic mass is 9.92. The largest absolute Gasteiger partial charge is 0.383 e. The molecule has 0 aromatic carbocycles. The molecule has 1 N–H and O–H groups in total. The fourth-order valence-corrected chi connectivity index (χ4v) is 2.78. The van der Waals surface area contributed by atoms with Crippen LogP contribution in [0.3, 0.4) is 0 Å². The molecule has 0 amide bonds. The number of thiazole rings is 1. The maximum absolute atomic E-state index is 5.86. The highest BCUT2D eigenvalue weighted by Gasteiger charge is 2.28. The SMILES string of the molecule is COCCNCC1CCCOC1c1cscn1. The van der Waals surface area contributed by atoms with E-state index in [1.807, 2.05) is 5.51 Å². The predicted octanol–water partition coefficient (Wildman–Crippen LogP) is 1.85. The van der Waals surface area contributed by atoms with Gasteiger partial charge in [0.15, 0.2) is 0 Å². The lowest BCUT2D eigenvalue weighted by Gasteiger charge is -2.30. The van der Waals surface area contributed by atoms with E-state index in [1.54, 1.807) is 18.4 Å². The summed E-state index contributed by atoms with van der Waals surface area (Å²) in [5.74, 6) is 0.530. The molecule has 96 valence electrons. The molecule has 0 aliphatic carbocycles. The predicted molar refractivity (Wildman–Crippen MR) is 68.3 cm³/mol. The van der Waals surface area contributed by atoms with Gasteiger partial charge in [-0.2, -0.15) is 0 Å². The van der Waals surface area contributed by atoms with Crippen molar-refractivity contribution in [2.75, 3.05) is 33.4 Å². The van der Waals surface area contributed by atoms with E-state index in [-0.39, 0.29) is 6.10 Å². The second-order valence-corrected chi connectivity index (χ2v) is 5.02. The quantitative estimate of drug-likeness (QED) is 0.789. The van der Waals surface area contributed by atoms with Gasteiger partial charge < -0.3 is 14.8 Å². The summed E-state index contributed by atoms with van der Waals surface area (Å²) in [6, 6.07) is 0. The Hall–Kier alpha value is -0.490. The molecule has 1 aromatic rings. The number of ether oxygens (including phenoxy) is 2. The number of hydrogen-bond donors (Lipinski definition) is 1. The van der Waals surface area contributed by atoms with Crippen LogP contribution in [0.5, 0.6) is 0 Å². The lowest BCUT2D eigenvalue weighted by molar-refractivity contribution is -0.0301. The van der Waals surface area contributed by atoms with Crippen LogP contribution < -0.4 is 5.32 Å². The molecule has 0 saturated carbocycles. The highest BCUT2D eigenvalue weighted by molar-refractivity contribution is 7.07. The molecule has 1 aliphatic rings.